The molecule has 2 bridgehead atoms. The van der Waals surface area contributed by atoms with Crippen molar-refractivity contribution in [2.24, 2.45) is 11.8 Å². The maximum atomic E-state index is 12.0. The van der Waals surface area contributed by atoms with Crippen molar-refractivity contribution in [2.75, 3.05) is 19.6 Å². The van der Waals surface area contributed by atoms with E-state index in [1.54, 1.807) is 0 Å². The van der Waals surface area contributed by atoms with Crippen molar-refractivity contribution in [3.05, 3.63) is 0 Å². The van der Waals surface area contributed by atoms with Gasteiger partial charge in [0, 0.05) is 25.7 Å². The summed E-state index contributed by atoms with van der Waals surface area (Å²) in [5.74, 6) is 1.86. The third kappa shape index (κ3) is 1.96. The summed E-state index contributed by atoms with van der Waals surface area (Å²) in [5.41, 5.74) is 0. The van der Waals surface area contributed by atoms with Crippen molar-refractivity contribution in [2.45, 2.75) is 37.8 Å². The van der Waals surface area contributed by atoms with E-state index < -0.39 is 0 Å². The van der Waals surface area contributed by atoms with Crippen LogP contribution < -0.4 is 16.0 Å². The van der Waals surface area contributed by atoms with Crippen LogP contribution in [0.3, 0.4) is 0 Å². The summed E-state index contributed by atoms with van der Waals surface area (Å²) in [6, 6.07) is 0.447. The number of fused-ring (bicyclic) bond motifs is 2. The molecular weight excluding hydrogens is 202 g/mol. The van der Waals surface area contributed by atoms with Crippen LogP contribution in [0.5, 0.6) is 0 Å². The van der Waals surface area contributed by atoms with Crippen LogP contribution in [-0.4, -0.2) is 37.6 Å². The van der Waals surface area contributed by atoms with Crippen molar-refractivity contribution in [1.29, 1.82) is 0 Å². The number of carbonyl (C=O) groups excluding carboxylic acids is 1. The molecule has 0 aromatic heterocycles. The van der Waals surface area contributed by atoms with Crippen molar-refractivity contribution in [1.82, 2.24) is 16.0 Å². The average molecular weight is 223 g/mol. The number of piperazine rings is 1. The van der Waals surface area contributed by atoms with Gasteiger partial charge in [0.2, 0.25) is 5.91 Å². The van der Waals surface area contributed by atoms with Gasteiger partial charge in [-0.15, -0.1) is 0 Å². The van der Waals surface area contributed by atoms with Gasteiger partial charge in [0.05, 0.1) is 6.04 Å². The van der Waals surface area contributed by atoms with Crippen LogP contribution in [0.4, 0.5) is 0 Å². The predicted molar refractivity (Wildman–Crippen MR) is 62.0 cm³/mol. The first kappa shape index (κ1) is 10.5. The Morgan fingerprint density at radius 1 is 1.19 bits per heavy atom. The molecule has 3 fully saturated rings. The van der Waals surface area contributed by atoms with Crippen LogP contribution in [0, 0.1) is 11.8 Å². The van der Waals surface area contributed by atoms with Crippen LogP contribution in [0.25, 0.3) is 0 Å². The fraction of sp³-hybridized carbons (Fsp3) is 0.917. The van der Waals surface area contributed by atoms with E-state index in [1.807, 2.05) is 0 Å². The van der Waals surface area contributed by atoms with Gasteiger partial charge in [-0.2, -0.15) is 0 Å². The van der Waals surface area contributed by atoms with Crippen LogP contribution in [-0.2, 0) is 4.79 Å². The molecule has 4 atom stereocenters. The zero-order valence-electron chi connectivity index (χ0n) is 9.67. The normalized spacial score (nSPS) is 42.2. The van der Waals surface area contributed by atoms with Gasteiger partial charge in [-0.05, 0) is 31.1 Å². The summed E-state index contributed by atoms with van der Waals surface area (Å²) >= 11 is 0. The van der Waals surface area contributed by atoms with Crippen LogP contribution in [0.1, 0.15) is 25.7 Å². The van der Waals surface area contributed by atoms with Gasteiger partial charge in [-0.25, -0.2) is 0 Å². The Morgan fingerprint density at radius 3 is 2.75 bits per heavy atom. The lowest BCUT2D eigenvalue weighted by molar-refractivity contribution is -0.124. The number of carbonyl (C=O) groups is 1. The smallest absolute Gasteiger partial charge is 0.238 e. The number of amides is 1. The molecule has 1 saturated heterocycles. The van der Waals surface area contributed by atoms with Gasteiger partial charge in [-0.3, -0.25) is 4.79 Å². The third-order valence-corrected chi connectivity index (χ3v) is 4.42. The molecular formula is C12H21N3O. The Hall–Kier alpha value is -0.610. The molecule has 2 aliphatic carbocycles. The Bertz CT molecular complexity index is 275. The lowest BCUT2D eigenvalue weighted by Gasteiger charge is -2.28. The van der Waals surface area contributed by atoms with Gasteiger partial charge in [-0.1, -0.05) is 6.42 Å². The molecule has 0 aromatic carbocycles. The lowest BCUT2D eigenvalue weighted by Crippen LogP contribution is -2.57. The van der Waals surface area contributed by atoms with Crippen molar-refractivity contribution < 1.29 is 4.79 Å². The highest BCUT2D eigenvalue weighted by Gasteiger charge is 2.40. The van der Waals surface area contributed by atoms with Crippen molar-refractivity contribution in [3.8, 4) is 0 Å². The first-order chi connectivity index (χ1) is 7.83. The largest absolute Gasteiger partial charge is 0.352 e. The van der Waals surface area contributed by atoms with Crippen LogP contribution in [0.2, 0.25) is 0 Å². The Balaban J connectivity index is 1.52. The van der Waals surface area contributed by atoms with Gasteiger partial charge in [0.15, 0.2) is 0 Å². The SMILES string of the molecule is O=C(NC1CC2CCC1C2)C1CNCCN1. The highest BCUT2D eigenvalue weighted by atomic mass is 16.2. The molecule has 3 aliphatic rings. The Morgan fingerprint density at radius 2 is 2.12 bits per heavy atom. The summed E-state index contributed by atoms with van der Waals surface area (Å²) in [5, 5.41) is 9.75. The molecule has 0 aromatic rings. The fourth-order valence-electron chi connectivity index (χ4n) is 3.54. The van der Waals surface area contributed by atoms with E-state index in [4.69, 9.17) is 0 Å². The monoisotopic (exact) mass is 223 g/mol. The van der Waals surface area contributed by atoms with Crippen molar-refractivity contribution >= 4 is 5.91 Å². The molecule has 16 heavy (non-hydrogen) atoms. The number of nitrogens with one attached hydrogen (secondary N) is 3. The van der Waals surface area contributed by atoms with Gasteiger partial charge >= 0.3 is 0 Å². The van der Waals surface area contributed by atoms with Crippen LogP contribution >= 0.6 is 0 Å². The quantitative estimate of drug-likeness (QED) is 0.610. The zero-order valence-corrected chi connectivity index (χ0v) is 9.67. The minimum Gasteiger partial charge on any atom is -0.352 e. The molecule has 0 spiro atoms. The standard InChI is InChI=1S/C12H21N3O/c16-12(11-7-13-3-4-14-11)15-10-6-8-1-2-9(10)5-8/h8-11,13-14H,1-7H2,(H,15,16). The molecule has 0 radical (unpaired) electrons. The first-order valence-electron chi connectivity index (χ1n) is 6.57. The third-order valence-electron chi connectivity index (χ3n) is 4.42. The molecule has 3 rings (SSSR count). The molecule has 3 N–H and O–H groups in total. The molecule has 1 amide bonds. The van der Waals surface area contributed by atoms with Crippen LogP contribution in [0.15, 0.2) is 0 Å². The van der Waals surface area contributed by atoms with Gasteiger partial charge < -0.3 is 16.0 Å². The van der Waals surface area contributed by atoms with E-state index in [0.29, 0.717) is 6.04 Å². The van der Waals surface area contributed by atoms with E-state index >= 15 is 0 Å². The maximum absolute atomic E-state index is 12.0. The van der Waals surface area contributed by atoms with Gasteiger partial charge in [0.25, 0.3) is 0 Å². The predicted octanol–water partition coefficient (Wildman–Crippen LogP) is -0.147. The van der Waals surface area contributed by atoms with E-state index in [9.17, 15) is 4.79 Å². The van der Waals surface area contributed by atoms with E-state index in [-0.39, 0.29) is 11.9 Å². The second kappa shape index (κ2) is 4.34. The molecule has 90 valence electrons. The number of hydrogen-bond acceptors (Lipinski definition) is 3. The van der Waals surface area contributed by atoms with Gasteiger partial charge in [0.1, 0.15) is 0 Å². The number of rotatable bonds is 2. The molecule has 1 aliphatic heterocycles. The Kier molecular flexibility index (Phi) is 2.86. The minimum absolute atomic E-state index is 0.0205. The molecule has 4 nitrogen and oxygen atoms in total. The summed E-state index contributed by atoms with van der Waals surface area (Å²) in [7, 11) is 0. The lowest BCUT2D eigenvalue weighted by atomic mass is 9.95. The topological polar surface area (TPSA) is 53.2 Å². The minimum atomic E-state index is -0.0205. The molecule has 2 saturated carbocycles. The van der Waals surface area contributed by atoms with E-state index in [1.165, 1.54) is 25.7 Å². The summed E-state index contributed by atoms with van der Waals surface area (Å²) in [6.45, 7) is 2.64. The fourth-order valence-corrected chi connectivity index (χ4v) is 3.54. The highest BCUT2D eigenvalue weighted by molar-refractivity contribution is 5.82. The summed E-state index contributed by atoms with van der Waals surface area (Å²) < 4.78 is 0. The summed E-state index contributed by atoms with van der Waals surface area (Å²) in [4.78, 5) is 12.0. The van der Waals surface area contributed by atoms with Crippen molar-refractivity contribution in [3.63, 3.8) is 0 Å². The number of hydrogen-bond donors (Lipinski definition) is 3. The maximum Gasteiger partial charge on any atom is 0.238 e. The summed E-state index contributed by atoms with van der Waals surface area (Å²) in [6.07, 6.45) is 5.28. The Labute approximate surface area is 96.5 Å². The first-order valence-corrected chi connectivity index (χ1v) is 6.57. The highest BCUT2D eigenvalue weighted by Crippen LogP contribution is 2.44. The van der Waals surface area contributed by atoms with E-state index in [2.05, 4.69) is 16.0 Å². The molecule has 4 heteroatoms. The second-order valence-electron chi connectivity index (χ2n) is 5.50. The molecule has 4 unspecified atom stereocenters. The zero-order chi connectivity index (χ0) is 11.0. The average Bonchev–Trinajstić information content (AvgIpc) is 2.92. The molecule has 1 heterocycles. The van der Waals surface area contributed by atoms with E-state index in [0.717, 1.165) is 31.5 Å². The second-order valence-corrected chi connectivity index (χ2v) is 5.50.